The molecule has 1 N–H and O–H groups in total. The number of methoxy groups -OCH3 is 1. The lowest BCUT2D eigenvalue weighted by Gasteiger charge is -2.10. The molecule has 1 aromatic carbocycles. The second kappa shape index (κ2) is 9.67. The van der Waals surface area contributed by atoms with Crippen LogP contribution in [0.1, 0.15) is 5.56 Å². The zero-order chi connectivity index (χ0) is 13.2. The summed E-state index contributed by atoms with van der Waals surface area (Å²) in [5, 5.41) is 3.31. The number of halogens is 1. The normalized spacial score (nSPS) is 10.6. The molecule has 0 fully saturated rings. The van der Waals surface area contributed by atoms with Crippen molar-refractivity contribution in [2.24, 2.45) is 0 Å². The van der Waals surface area contributed by atoms with E-state index in [2.05, 4.69) is 39.6 Å². The molecule has 0 bridgehead atoms. The van der Waals surface area contributed by atoms with Gasteiger partial charge in [0.25, 0.3) is 0 Å². The fourth-order valence-corrected chi connectivity index (χ4v) is 2.20. The van der Waals surface area contributed by atoms with Crippen LogP contribution < -0.4 is 10.1 Å². The van der Waals surface area contributed by atoms with Crippen LogP contribution >= 0.6 is 27.7 Å². The van der Waals surface area contributed by atoms with Crippen LogP contribution in [0.15, 0.2) is 22.7 Å². The number of thioether (sulfide) groups is 1. The molecule has 0 aliphatic heterocycles. The third kappa shape index (κ3) is 6.09. The first-order valence-electron chi connectivity index (χ1n) is 5.87. The van der Waals surface area contributed by atoms with Crippen LogP contribution in [-0.4, -0.2) is 38.9 Å². The molecule has 0 unspecified atom stereocenters. The van der Waals surface area contributed by atoms with Gasteiger partial charge in [-0.15, -0.1) is 0 Å². The van der Waals surface area contributed by atoms with Gasteiger partial charge in [-0.1, -0.05) is 6.07 Å². The van der Waals surface area contributed by atoms with Crippen molar-refractivity contribution >= 4 is 27.7 Å². The summed E-state index contributed by atoms with van der Waals surface area (Å²) >= 11 is 5.32. The molecule has 0 atom stereocenters. The number of rotatable bonds is 9. The second-order valence-electron chi connectivity index (χ2n) is 3.78. The van der Waals surface area contributed by atoms with E-state index in [4.69, 9.17) is 9.47 Å². The van der Waals surface area contributed by atoms with E-state index in [1.807, 2.05) is 6.07 Å². The van der Waals surface area contributed by atoms with Gasteiger partial charge >= 0.3 is 0 Å². The largest absolute Gasteiger partial charge is 0.492 e. The number of nitrogens with one attached hydrogen (secondary N) is 1. The summed E-state index contributed by atoms with van der Waals surface area (Å²) < 4.78 is 11.7. The van der Waals surface area contributed by atoms with Gasteiger partial charge in [0.1, 0.15) is 5.75 Å². The van der Waals surface area contributed by atoms with E-state index in [1.54, 1.807) is 18.9 Å². The summed E-state index contributed by atoms with van der Waals surface area (Å²) in [6.45, 7) is 3.18. The van der Waals surface area contributed by atoms with Crippen LogP contribution in [-0.2, 0) is 11.3 Å². The summed E-state index contributed by atoms with van der Waals surface area (Å²) in [5.41, 5.74) is 1.23. The molecule has 0 aliphatic carbocycles. The lowest BCUT2D eigenvalue weighted by Crippen LogP contribution is -2.18. The Bertz CT molecular complexity index is 350. The molecule has 0 saturated heterocycles. The van der Waals surface area contributed by atoms with Crippen molar-refractivity contribution in [2.75, 3.05) is 38.9 Å². The van der Waals surface area contributed by atoms with Crippen molar-refractivity contribution in [1.29, 1.82) is 0 Å². The van der Waals surface area contributed by atoms with Crippen LogP contribution in [0.4, 0.5) is 0 Å². The van der Waals surface area contributed by atoms with Crippen molar-refractivity contribution in [3.63, 3.8) is 0 Å². The maximum absolute atomic E-state index is 5.67. The summed E-state index contributed by atoms with van der Waals surface area (Å²) in [6.07, 6.45) is 2.08. The van der Waals surface area contributed by atoms with Gasteiger partial charge in [-0.05, 0) is 39.9 Å². The van der Waals surface area contributed by atoms with Crippen molar-refractivity contribution < 1.29 is 9.47 Å². The molecular weight excluding hydrogens is 314 g/mol. The number of hydrogen-bond donors (Lipinski definition) is 1. The number of hydrogen-bond acceptors (Lipinski definition) is 4. The zero-order valence-corrected chi connectivity index (χ0v) is 13.3. The molecule has 0 aliphatic rings. The Kier molecular flexibility index (Phi) is 8.50. The quantitative estimate of drug-likeness (QED) is 0.704. The topological polar surface area (TPSA) is 30.5 Å². The molecule has 0 spiro atoms. The molecule has 0 heterocycles. The summed E-state index contributed by atoms with van der Waals surface area (Å²) in [6, 6.07) is 6.19. The molecule has 0 radical (unpaired) electrons. The van der Waals surface area contributed by atoms with Gasteiger partial charge in [0.05, 0.1) is 17.7 Å². The van der Waals surface area contributed by atoms with Crippen molar-refractivity contribution in [1.82, 2.24) is 5.32 Å². The first-order chi connectivity index (χ1) is 8.77. The van der Waals surface area contributed by atoms with Crippen LogP contribution in [0, 0.1) is 0 Å². The van der Waals surface area contributed by atoms with Crippen molar-refractivity contribution in [2.45, 2.75) is 6.54 Å². The Morgan fingerprint density at radius 2 is 2.17 bits per heavy atom. The standard InChI is InChI=1S/C13H20BrNO2S/c1-16-6-5-15-10-11-3-4-13(12(14)9-11)17-7-8-18-2/h3-4,9,15H,5-8,10H2,1-2H3. The molecule has 3 nitrogen and oxygen atoms in total. The van der Waals surface area contributed by atoms with E-state index < -0.39 is 0 Å². The van der Waals surface area contributed by atoms with Gasteiger partial charge in [-0.2, -0.15) is 11.8 Å². The van der Waals surface area contributed by atoms with Gasteiger partial charge < -0.3 is 14.8 Å². The number of ether oxygens (including phenoxy) is 2. The first-order valence-corrected chi connectivity index (χ1v) is 8.06. The molecule has 1 rings (SSSR count). The summed E-state index contributed by atoms with van der Waals surface area (Å²) in [7, 11) is 1.71. The van der Waals surface area contributed by atoms with Crippen LogP contribution in [0.3, 0.4) is 0 Å². The van der Waals surface area contributed by atoms with E-state index >= 15 is 0 Å². The highest BCUT2D eigenvalue weighted by Crippen LogP contribution is 2.26. The van der Waals surface area contributed by atoms with Crippen LogP contribution in [0.5, 0.6) is 5.75 Å². The highest BCUT2D eigenvalue weighted by atomic mass is 79.9. The van der Waals surface area contributed by atoms with E-state index in [9.17, 15) is 0 Å². The summed E-state index contributed by atoms with van der Waals surface area (Å²) in [5.74, 6) is 1.91. The van der Waals surface area contributed by atoms with Gasteiger partial charge in [0.15, 0.2) is 0 Å². The Balaban J connectivity index is 2.41. The lowest BCUT2D eigenvalue weighted by atomic mass is 10.2. The molecule has 5 heteroatoms. The minimum atomic E-state index is 0.733. The fraction of sp³-hybridized carbons (Fsp3) is 0.538. The van der Waals surface area contributed by atoms with E-state index in [0.29, 0.717) is 0 Å². The average molecular weight is 334 g/mol. The Morgan fingerprint density at radius 3 is 2.83 bits per heavy atom. The molecule has 102 valence electrons. The van der Waals surface area contributed by atoms with E-state index in [0.717, 1.165) is 42.3 Å². The van der Waals surface area contributed by atoms with Gasteiger partial charge in [-0.25, -0.2) is 0 Å². The molecule has 0 amide bonds. The van der Waals surface area contributed by atoms with Crippen molar-refractivity contribution in [3.05, 3.63) is 28.2 Å². The highest BCUT2D eigenvalue weighted by Gasteiger charge is 2.02. The smallest absolute Gasteiger partial charge is 0.133 e. The fourth-order valence-electron chi connectivity index (χ4n) is 1.41. The Labute approximate surface area is 122 Å². The number of benzene rings is 1. The maximum atomic E-state index is 5.67. The minimum absolute atomic E-state index is 0.733. The first kappa shape index (κ1) is 15.8. The van der Waals surface area contributed by atoms with E-state index in [1.165, 1.54) is 5.56 Å². The SMILES string of the molecule is COCCNCc1ccc(OCCSC)c(Br)c1. The predicted octanol–water partition coefficient (Wildman–Crippen LogP) is 2.93. The van der Waals surface area contributed by atoms with Gasteiger partial charge in [0, 0.05) is 26.0 Å². The molecular formula is C13H20BrNO2S. The molecule has 1 aromatic rings. The monoisotopic (exact) mass is 333 g/mol. The van der Waals surface area contributed by atoms with E-state index in [-0.39, 0.29) is 0 Å². The highest BCUT2D eigenvalue weighted by molar-refractivity contribution is 9.10. The van der Waals surface area contributed by atoms with Crippen LogP contribution in [0.25, 0.3) is 0 Å². The van der Waals surface area contributed by atoms with Gasteiger partial charge in [0.2, 0.25) is 0 Å². The third-order valence-corrected chi connectivity index (χ3v) is 3.55. The second-order valence-corrected chi connectivity index (χ2v) is 5.62. The zero-order valence-electron chi connectivity index (χ0n) is 10.9. The maximum Gasteiger partial charge on any atom is 0.133 e. The molecule has 18 heavy (non-hydrogen) atoms. The molecule has 0 aromatic heterocycles. The lowest BCUT2D eigenvalue weighted by molar-refractivity contribution is 0.199. The predicted molar refractivity (Wildman–Crippen MR) is 81.6 cm³/mol. The minimum Gasteiger partial charge on any atom is -0.492 e. The van der Waals surface area contributed by atoms with Crippen LogP contribution in [0.2, 0.25) is 0 Å². The summed E-state index contributed by atoms with van der Waals surface area (Å²) in [4.78, 5) is 0. The van der Waals surface area contributed by atoms with Crippen molar-refractivity contribution in [3.8, 4) is 5.75 Å². The van der Waals surface area contributed by atoms with Gasteiger partial charge in [-0.3, -0.25) is 0 Å². The Morgan fingerprint density at radius 1 is 1.33 bits per heavy atom. The third-order valence-electron chi connectivity index (χ3n) is 2.35. The Hall–Kier alpha value is -0.230. The average Bonchev–Trinajstić information content (AvgIpc) is 2.37. The molecule has 0 saturated carbocycles.